The number of nitrogens with one attached hydrogen (secondary N) is 4. The maximum absolute atomic E-state index is 13.4. The number of azide groups is 3. The van der Waals surface area contributed by atoms with E-state index in [1.165, 1.54) is 0 Å². The fraction of sp³-hybridized carbons (Fsp3) is 0.853. The number of nitrogens with zero attached hydrogens (tertiary/aromatic N) is 9. The van der Waals surface area contributed by atoms with E-state index in [2.05, 4.69) is 51.3 Å². The predicted octanol–water partition coefficient (Wildman–Crippen LogP) is 6.79. The molecule has 0 aromatic carbocycles. The van der Waals surface area contributed by atoms with Crippen molar-refractivity contribution < 1.29 is 29.1 Å². The number of carbonyl (C=O) groups excluding carboxylic acids is 4. The summed E-state index contributed by atoms with van der Waals surface area (Å²) in [6.45, 7) is 2.19. The van der Waals surface area contributed by atoms with Crippen molar-refractivity contribution in [3.63, 3.8) is 0 Å². The Morgan fingerprint density at radius 1 is 0.453 bits per heavy atom. The summed E-state index contributed by atoms with van der Waals surface area (Å²) >= 11 is 0. The molecule has 298 valence electrons. The fourth-order valence-corrected chi connectivity index (χ4v) is 5.61. The highest BCUT2D eigenvalue weighted by Gasteiger charge is 2.33. The summed E-state index contributed by atoms with van der Waals surface area (Å²) < 4.78 is 0. The Hall–Kier alpha value is -4.72. The third-order valence-electron chi connectivity index (χ3n) is 8.65. The van der Waals surface area contributed by atoms with Crippen LogP contribution < -0.4 is 21.3 Å². The lowest BCUT2D eigenvalue weighted by Gasteiger charge is -2.35. The zero-order valence-electron chi connectivity index (χ0n) is 31.3. The number of hydrogen-bond acceptors (Lipinski definition) is 8. The second kappa shape index (κ2) is 34.4. The molecule has 0 radical (unpaired) electrons. The minimum atomic E-state index is -1.01. The standard InChI is InChI=1S/C34H61N13O6/c35-45-41-26-12-9-23-38-29(48)17-20-34(21-18-30(49)39-24-10-13-27-42-46-36,22-19-31(50)40-25-11-14-28-43-47-37)44-32(51)15-7-5-3-1-2-4-6-8-16-33(52)53/h1-28H2,(H,38,48)(H,39,49)(H,40,50)(H,44,51)(H,52,53). The van der Waals surface area contributed by atoms with Gasteiger partial charge in [-0.05, 0) is 87.2 Å². The Balaban J connectivity index is 5.51. The summed E-state index contributed by atoms with van der Waals surface area (Å²) in [6, 6.07) is 0. The number of amides is 4. The van der Waals surface area contributed by atoms with Crippen LogP contribution >= 0.6 is 0 Å². The van der Waals surface area contributed by atoms with Crippen LogP contribution in [0.25, 0.3) is 31.3 Å². The molecule has 0 heterocycles. The largest absolute Gasteiger partial charge is 0.481 e. The molecule has 0 aliphatic carbocycles. The van der Waals surface area contributed by atoms with Gasteiger partial charge in [0.15, 0.2) is 0 Å². The molecule has 0 saturated carbocycles. The summed E-state index contributed by atoms with van der Waals surface area (Å²) in [4.78, 5) is 70.8. The van der Waals surface area contributed by atoms with Gasteiger partial charge in [-0.25, -0.2) is 0 Å². The molecule has 0 unspecified atom stereocenters. The van der Waals surface area contributed by atoms with Crippen molar-refractivity contribution in [3.8, 4) is 0 Å². The first-order chi connectivity index (χ1) is 25.7. The van der Waals surface area contributed by atoms with E-state index >= 15 is 0 Å². The second-order valence-electron chi connectivity index (χ2n) is 13.1. The molecule has 5 N–H and O–H groups in total. The van der Waals surface area contributed by atoms with E-state index in [-0.39, 0.29) is 75.0 Å². The molecular formula is C34H61N13O6. The van der Waals surface area contributed by atoms with Crippen LogP contribution in [0, 0.1) is 0 Å². The van der Waals surface area contributed by atoms with Crippen LogP contribution in [0.2, 0.25) is 0 Å². The Labute approximate surface area is 312 Å². The van der Waals surface area contributed by atoms with Crippen LogP contribution in [0.5, 0.6) is 0 Å². The average Bonchev–Trinajstić information content (AvgIpc) is 3.13. The van der Waals surface area contributed by atoms with Gasteiger partial charge in [0, 0.05) is 91.6 Å². The molecule has 19 nitrogen and oxygen atoms in total. The van der Waals surface area contributed by atoms with E-state index in [0.29, 0.717) is 90.6 Å². The minimum Gasteiger partial charge on any atom is -0.481 e. The lowest BCUT2D eigenvalue weighted by Crippen LogP contribution is -2.50. The van der Waals surface area contributed by atoms with Crippen molar-refractivity contribution in [3.05, 3.63) is 31.3 Å². The van der Waals surface area contributed by atoms with Crippen molar-refractivity contribution in [1.82, 2.24) is 21.3 Å². The van der Waals surface area contributed by atoms with E-state index in [1.54, 1.807) is 0 Å². The molecule has 4 amide bonds. The number of unbranched alkanes of at least 4 members (excludes halogenated alkanes) is 10. The van der Waals surface area contributed by atoms with Crippen LogP contribution in [0.15, 0.2) is 15.3 Å². The first-order valence-electron chi connectivity index (χ1n) is 19.0. The van der Waals surface area contributed by atoms with Crippen molar-refractivity contribution in [2.24, 2.45) is 15.3 Å². The Morgan fingerprint density at radius 2 is 0.792 bits per heavy atom. The van der Waals surface area contributed by atoms with Gasteiger partial charge in [0.25, 0.3) is 0 Å². The normalized spacial score (nSPS) is 11.5. The van der Waals surface area contributed by atoms with Gasteiger partial charge in [-0.2, -0.15) is 0 Å². The summed E-state index contributed by atoms with van der Waals surface area (Å²) in [5.74, 6) is -1.68. The Bertz CT molecular complexity index is 1110. The first-order valence-corrected chi connectivity index (χ1v) is 19.0. The van der Waals surface area contributed by atoms with E-state index < -0.39 is 11.5 Å². The van der Waals surface area contributed by atoms with Crippen molar-refractivity contribution >= 4 is 29.6 Å². The lowest BCUT2D eigenvalue weighted by atomic mass is 9.82. The highest BCUT2D eigenvalue weighted by Crippen LogP contribution is 2.27. The summed E-state index contributed by atoms with van der Waals surface area (Å²) in [5.41, 5.74) is 24.3. The number of rotatable bonds is 36. The van der Waals surface area contributed by atoms with Crippen LogP contribution in [0.3, 0.4) is 0 Å². The Kier molecular flexibility index (Phi) is 31.3. The maximum Gasteiger partial charge on any atom is 0.303 e. The topological polar surface area (TPSA) is 300 Å². The summed E-state index contributed by atoms with van der Waals surface area (Å²) in [7, 11) is 0. The van der Waals surface area contributed by atoms with Gasteiger partial charge in [0.1, 0.15) is 0 Å². The molecule has 0 spiro atoms. The maximum atomic E-state index is 13.4. The number of hydrogen-bond donors (Lipinski definition) is 5. The summed E-state index contributed by atoms with van der Waals surface area (Å²) in [6.07, 6.45) is 12.0. The minimum absolute atomic E-state index is 0.0607. The molecule has 19 heteroatoms. The van der Waals surface area contributed by atoms with E-state index in [1.807, 2.05) is 0 Å². The number of carboxylic acids is 1. The van der Waals surface area contributed by atoms with Crippen LogP contribution in [-0.4, -0.2) is 79.5 Å². The highest BCUT2D eigenvalue weighted by atomic mass is 16.4. The van der Waals surface area contributed by atoms with Gasteiger partial charge in [-0.3, -0.25) is 24.0 Å². The van der Waals surface area contributed by atoms with Crippen molar-refractivity contribution in [2.75, 3.05) is 39.3 Å². The van der Waals surface area contributed by atoms with E-state index in [0.717, 1.165) is 38.5 Å². The van der Waals surface area contributed by atoms with Gasteiger partial charge >= 0.3 is 5.97 Å². The quantitative estimate of drug-likeness (QED) is 0.0199. The third-order valence-corrected chi connectivity index (χ3v) is 8.65. The van der Waals surface area contributed by atoms with Gasteiger partial charge in [0.05, 0.1) is 0 Å². The summed E-state index contributed by atoms with van der Waals surface area (Å²) in [5, 5.41) is 30.9. The number of aliphatic carboxylic acids is 1. The molecule has 0 aliphatic rings. The third kappa shape index (κ3) is 31.7. The van der Waals surface area contributed by atoms with Crippen LogP contribution in [-0.2, 0) is 24.0 Å². The molecule has 0 saturated heterocycles. The predicted molar refractivity (Wildman–Crippen MR) is 201 cm³/mol. The molecule has 0 bridgehead atoms. The monoisotopic (exact) mass is 747 g/mol. The van der Waals surface area contributed by atoms with Gasteiger partial charge in [0.2, 0.25) is 23.6 Å². The molecule has 0 aliphatic heterocycles. The molecule has 0 rings (SSSR count). The Morgan fingerprint density at radius 3 is 1.13 bits per heavy atom. The molecule has 0 fully saturated rings. The van der Waals surface area contributed by atoms with Crippen LogP contribution in [0.4, 0.5) is 0 Å². The van der Waals surface area contributed by atoms with Gasteiger partial charge in [-0.1, -0.05) is 53.9 Å². The van der Waals surface area contributed by atoms with Crippen molar-refractivity contribution in [1.29, 1.82) is 0 Å². The second-order valence-corrected chi connectivity index (χ2v) is 13.1. The first kappa shape index (κ1) is 48.3. The van der Waals surface area contributed by atoms with E-state index in [9.17, 15) is 24.0 Å². The number of carbonyl (C=O) groups is 5. The molecular weight excluding hydrogens is 686 g/mol. The molecule has 0 aromatic heterocycles. The van der Waals surface area contributed by atoms with Gasteiger partial charge < -0.3 is 26.4 Å². The highest BCUT2D eigenvalue weighted by molar-refractivity contribution is 5.80. The fourth-order valence-electron chi connectivity index (χ4n) is 5.61. The number of carboxylic acid groups (broad SMARTS) is 1. The van der Waals surface area contributed by atoms with Crippen molar-refractivity contribution in [2.45, 2.75) is 147 Å². The lowest BCUT2D eigenvalue weighted by molar-refractivity contribution is -0.137. The van der Waals surface area contributed by atoms with E-state index in [4.69, 9.17) is 21.7 Å². The van der Waals surface area contributed by atoms with Crippen LogP contribution in [0.1, 0.15) is 141 Å². The smallest absolute Gasteiger partial charge is 0.303 e. The molecule has 0 aromatic rings. The molecule has 0 atom stereocenters. The zero-order valence-corrected chi connectivity index (χ0v) is 31.3. The average molecular weight is 748 g/mol. The SMILES string of the molecule is [N-]=[N+]=NCCCCNC(=O)CCC(CCC(=O)NCCCCN=[N+]=[N-])(CCC(=O)NCCCCN=[N+]=[N-])NC(=O)CCCCCCCCCCC(=O)O. The zero-order chi connectivity index (χ0) is 39.3. The molecule has 53 heavy (non-hydrogen) atoms. The van der Waals surface area contributed by atoms with Gasteiger partial charge in [-0.15, -0.1) is 0 Å².